The molecule has 1 aliphatic rings. The predicted molar refractivity (Wildman–Crippen MR) is 123 cm³/mol. The van der Waals surface area contributed by atoms with Crippen LogP contribution in [-0.4, -0.2) is 41.2 Å². The average Bonchev–Trinajstić information content (AvgIpc) is 3.51. The quantitative estimate of drug-likeness (QED) is 0.525. The molecule has 0 unspecified atom stereocenters. The van der Waals surface area contributed by atoms with Crippen molar-refractivity contribution < 1.29 is 9.59 Å². The fraction of sp³-hybridized carbons (Fsp3) is 0.333. The molecule has 1 saturated heterocycles. The van der Waals surface area contributed by atoms with Crippen LogP contribution in [0.2, 0.25) is 0 Å². The Labute approximate surface area is 185 Å². The molecule has 30 heavy (non-hydrogen) atoms. The number of piperidine rings is 1. The topological polar surface area (TPSA) is 40.6 Å². The minimum Gasteiger partial charge on any atom is -0.338 e. The smallest absolute Gasteiger partial charge is 0.263 e. The van der Waals surface area contributed by atoms with Gasteiger partial charge >= 0.3 is 0 Å². The van der Waals surface area contributed by atoms with Gasteiger partial charge in [0.05, 0.1) is 11.4 Å². The van der Waals surface area contributed by atoms with Crippen molar-refractivity contribution in [1.82, 2.24) is 9.80 Å². The molecule has 0 atom stereocenters. The van der Waals surface area contributed by atoms with Crippen LogP contribution in [-0.2, 0) is 17.8 Å². The van der Waals surface area contributed by atoms with Crippen molar-refractivity contribution >= 4 is 34.5 Å². The monoisotopic (exact) mass is 438 g/mol. The molecule has 2 aromatic heterocycles. The second-order valence-corrected chi connectivity index (χ2v) is 9.60. The van der Waals surface area contributed by atoms with Crippen molar-refractivity contribution in [1.29, 1.82) is 0 Å². The van der Waals surface area contributed by atoms with E-state index in [1.165, 1.54) is 21.8 Å². The van der Waals surface area contributed by atoms with Crippen molar-refractivity contribution in [3.8, 4) is 0 Å². The van der Waals surface area contributed by atoms with Crippen LogP contribution in [0.3, 0.4) is 0 Å². The minimum absolute atomic E-state index is 0.00637. The second kappa shape index (κ2) is 10.0. The summed E-state index contributed by atoms with van der Waals surface area (Å²) in [5.74, 6) is 0.311. The van der Waals surface area contributed by atoms with Crippen LogP contribution in [0, 0.1) is 5.92 Å². The first-order valence-electron chi connectivity index (χ1n) is 10.4. The largest absolute Gasteiger partial charge is 0.338 e. The van der Waals surface area contributed by atoms with Gasteiger partial charge in [-0.3, -0.25) is 9.59 Å². The van der Waals surface area contributed by atoms with Gasteiger partial charge in [0, 0.05) is 30.4 Å². The lowest BCUT2D eigenvalue weighted by Crippen LogP contribution is -2.44. The molecule has 1 aliphatic heterocycles. The molecule has 0 aliphatic carbocycles. The van der Waals surface area contributed by atoms with E-state index in [4.69, 9.17) is 0 Å². The Kier molecular flexibility index (Phi) is 6.97. The molecular formula is C24H26N2O2S2. The number of hydrogen-bond donors (Lipinski definition) is 0. The number of hydrogen-bond acceptors (Lipinski definition) is 4. The summed E-state index contributed by atoms with van der Waals surface area (Å²) in [7, 11) is 0. The van der Waals surface area contributed by atoms with Gasteiger partial charge in [0.1, 0.15) is 0 Å². The Balaban J connectivity index is 1.38. The number of likely N-dealkylation sites (tertiary alicyclic amines) is 1. The van der Waals surface area contributed by atoms with Gasteiger partial charge in [-0.05, 0) is 47.7 Å². The maximum absolute atomic E-state index is 13.4. The van der Waals surface area contributed by atoms with Gasteiger partial charge < -0.3 is 9.80 Å². The van der Waals surface area contributed by atoms with Gasteiger partial charge in [-0.1, -0.05) is 42.5 Å². The number of rotatable bonds is 7. The molecule has 0 spiro atoms. The van der Waals surface area contributed by atoms with Gasteiger partial charge in [-0.15, -0.1) is 22.7 Å². The number of amides is 2. The second-order valence-electron chi connectivity index (χ2n) is 7.62. The molecule has 4 nitrogen and oxygen atoms in total. The maximum Gasteiger partial charge on any atom is 0.263 e. The maximum atomic E-state index is 13.4. The Bertz CT molecular complexity index is 931. The number of carbonyl (C=O) groups is 2. The van der Waals surface area contributed by atoms with Crippen molar-refractivity contribution in [2.75, 3.05) is 19.6 Å². The number of benzene rings is 1. The van der Waals surface area contributed by atoms with E-state index in [1.807, 2.05) is 51.6 Å². The van der Waals surface area contributed by atoms with E-state index in [0.29, 0.717) is 19.6 Å². The number of carbonyl (C=O) groups excluding carboxylic acids is 2. The summed E-state index contributed by atoms with van der Waals surface area (Å²) in [6, 6.07) is 18.2. The molecule has 6 heteroatoms. The molecule has 3 aromatic rings. The molecule has 4 rings (SSSR count). The number of thiophene rings is 2. The Morgan fingerprint density at radius 1 is 0.933 bits per heavy atom. The summed E-state index contributed by atoms with van der Waals surface area (Å²) in [5.41, 5.74) is 1.25. The van der Waals surface area contributed by atoms with E-state index < -0.39 is 0 Å². The third-order valence-electron chi connectivity index (χ3n) is 5.62. The van der Waals surface area contributed by atoms with Crippen LogP contribution in [0.15, 0.2) is 65.4 Å². The molecule has 1 fully saturated rings. The molecular weight excluding hydrogens is 412 g/mol. The predicted octanol–water partition coefficient (Wildman–Crippen LogP) is 4.93. The van der Waals surface area contributed by atoms with Crippen LogP contribution >= 0.6 is 22.7 Å². The summed E-state index contributed by atoms with van der Waals surface area (Å²) < 4.78 is 0. The number of nitrogens with zero attached hydrogens (tertiary/aromatic N) is 2. The van der Waals surface area contributed by atoms with E-state index in [-0.39, 0.29) is 17.7 Å². The molecule has 3 heterocycles. The molecule has 0 radical (unpaired) electrons. The Morgan fingerprint density at radius 3 is 2.33 bits per heavy atom. The molecule has 0 saturated carbocycles. The van der Waals surface area contributed by atoms with Gasteiger partial charge in [-0.25, -0.2) is 0 Å². The first-order chi connectivity index (χ1) is 14.7. The van der Waals surface area contributed by atoms with Gasteiger partial charge in [-0.2, -0.15) is 0 Å². The molecule has 156 valence electrons. The van der Waals surface area contributed by atoms with Crippen LogP contribution < -0.4 is 0 Å². The lowest BCUT2D eigenvalue weighted by molar-refractivity contribution is -0.137. The Morgan fingerprint density at radius 2 is 1.67 bits per heavy atom. The zero-order valence-electron chi connectivity index (χ0n) is 16.9. The van der Waals surface area contributed by atoms with E-state index in [0.717, 1.165) is 30.7 Å². The van der Waals surface area contributed by atoms with Crippen LogP contribution in [0.4, 0.5) is 0 Å². The van der Waals surface area contributed by atoms with Gasteiger partial charge in [0.25, 0.3) is 5.91 Å². The van der Waals surface area contributed by atoms with Crippen LogP contribution in [0.5, 0.6) is 0 Å². The molecule has 2 amide bonds. The highest BCUT2D eigenvalue weighted by Gasteiger charge is 2.31. The standard InChI is InChI=1S/C24H26N2O2S2/c27-23(20-11-14-25(15-12-20)24(28)22-9-5-17-30-22)26(18-21-8-4-16-29-21)13-10-19-6-2-1-3-7-19/h1-9,16-17,20H,10-15,18H2. The van der Waals surface area contributed by atoms with E-state index >= 15 is 0 Å². The molecule has 1 aromatic carbocycles. The van der Waals surface area contributed by atoms with E-state index in [1.54, 1.807) is 11.3 Å². The first-order valence-corrected chi connectivity index (χ1v) is 12.1. The van der Waals surface area contributed by atoms with E-state index in [9.17, 15) is 9.59 Å². The SMILES string of the molecule is O=C(c1cccs1)N1CCC(C(=O)N(CCc2ccccc2)Cc2cccs2)CC1. The van der Waals surface area contributed by atoms with Gasteiger partial charge in [0.2, 0.25) is 5.91 Å². The third-order valence-corrected chi connectivity index (χ3v) is 7.33. The van der Waals surface area contributed by atoms with E-state index in [2.05, 4.69) is 23.6 Å². The lowest BCUT2D eigenvalue weighted by Gasteiger charge is -2.34. The highest BCUT2D eigenvalue weighted by molar-refractivity contribution is 7.12. The van der Waals surface area contributed by atoms with Crippen LogP contribution in [0.25, 0.3) is 0 Å². The van der Waals surface area contributed by atoms with Crippen molar-refractivity contribution in [3.05, 3.63) is 80.7 Å². The lowest BCUT2D eigenvalue weighted by atomic mass is 9.94. The van der Waals surface area contributed by atoms with Crippen LogP contribution in [0.1, 0.15) is 33.0 Å². The zero-order valence-corrected chi connectivity index (χ0v) is 18.5. The summed E-state index contributed by atoms with van der Waals surface area (Å²) in [6.07, 6.45) is 2.33. The first kappa shape index (κ1) is 20.8. The summed E-state index contributed by atoms with van der Waals surface area (Å²) >= 11 is 3.17. The van der Waals surface area contributed by atoms with Crippen molar-refractivity contribution in [3.63, 3.8) is 0 Å². The zero-order chi connectivity index (χ0) is 20.8. The summed E-state index contributed by atoms with van der Waals surface area (Å²) in [6.45, 7) is 2.68. The highest BCUT2D eigenvalue weighted by atomic mass is 32.1. The minimum atomic E-state index is -0.00637. The van der Waals surface area contributed by atoms with Gasteiger partial charge in [0.15, 0.2) is 0 Å². The average molecular weight is 439 g/mol. The third kappa shape index (κ3) is 5.18. The normalized spacial score (nSPS) is 14.6. The summed E-state index contributed by atoms with van der Waals surface area (Å²) in [5, 5.41) is 3.99. The Hall–Kier alpha value is -2.44. The molecule has 0 bridgehead atoms. The van der Waals surface area contributed by atoms with Crippen molar-refractivity contribution in [2.24, 2.45) is 5.92 Å². The molecule has 0 N–H and O–H groups in total. The van der Waals surface area contributed by atoms with Crippen molar-refractivity contribution in [2.45, 2.75) is 25.8 Å². The summed E-state index contributed by atoms with van der Waals surface area (Å²) in [4.78, 5) is 31.9. The fourth-order valence-corrected chi connectivity index (χ4v) is 5.32. The highest BCUT2D eigenvalue weighted by Crippen LogP contribution is 2.24. The fourth-order valence-electron chi connectivity index (χ4n) is 3.91.